The van der Waals surface area contributed by atoms with Crippen LogP contribution < -0.4 is 4.90 Å². The molecule has 1 aromatic rings. The maximum absolute atomic E-state index is 13.1. The van der Waals surface area contributed by atoms with Gasteiger partial charge in [0.15, 0.2) is 0 Å². The summed E-state index contributed by atoms with van der Waals surface area (Å²) in [6.07, 6.45) is -0.267. The zero-order valence-corrected chi connectivity index (χ0v) is 13.5. The average molecular weight is 339 g/mol. The second-order valence-corrected chi connectivity index (χ2v) is 6.25. The molecular weight excluding hydrogens is 320 g/mol. The van der Waals surface area contributed by atoms with Crippen molar-refractivity contribution in [2.45, 2.75) is 11.9 Å². The van der Waals surface area contributed by atoms with Gasteiger partial charge in [0.2, 0.25) is 0 Å². The number of hydrogen-bond acceptors (Lipinski definition) is 5. The van der Waals surface area contributed by atoms with Crippen molar-refractivity contribution in [1.29, 1.82) is 0 Å². The van der Waals surface area contributed by atoms with E-state index in [1.165, 1.54) is 0 Å². The number of benzene rings is 1. The average Bonchev–Trinajstić information content (AvgIpc) is 3.13. The summed E-state index contributed by atoms with van der Waals surface area (Å²) in [5, 5.41) is 0. The number of halogens is 1. The Kier molecular flexibility index (Phi) is 4.03. The van der Waals surface area contributed by atoms with Crippen LogP contribution in [0.15, 0.2) is 24.3 Å². The van der Waals surface area contributed by atoms with Crippen LogP contribution in [0.25, 0.3) is 0 Å². The first-order valence-electron chi connectivity index (χ1n) is 7.84. The third-order valence-corrected chi connectivity index (χ3v) is 4.84. The first kappa shape index (κ1) is 15.4. The minimum atomic E-state index is -1.33. The van der Waals surface area contributed by atoms with Gasteiger partial charge in [-0.05, 0) is 6.07 Å². The molecule has 23 heavy (non-hydrogen) atoms. The number of carbonyl (C=O) groups is 1. The van der Waals surface area contributed by atoms with Gasteiger partial charge in [-0.1, -0.05) is 18.2 Å². The molecule has 0 unspecified atom stereocenters. The van der Waals surface area contributed by atoms with Crippen LogP contribution in [0.4, 0.5) is 5.69 Å². The van der Waals surface area contributed by atoms with Crippen molar-refractivity contribution in [1.82, 2.24) is 4.90 Å². The number of carbonyl (C=O) groups excluding carboxylic acids is 1. The van der Waals surface area contributed by atoms with E-state index in [4.69, 9.17) is 25.8 Å². The van der Waals surface area contributed by atoms with E-state index < -0.39 is 5.79 Å². The molecule has 0 bridgehead atoms. The molecule has 6 nitrogen and oxygen atoms in total. The lowest BCUT2D eigenvalue weighted by atomic mass is 10.1. The molecule has 7 heteroatoms. The summed E-state index contributed by atoms with van der Waals surface area (Å²) in [7, 11) is 0. The molecule has 0 aromatic heterocycles. The Balaban J connectivity index is 1.65. The summed E-state index contributed by atoms with van der Waals surface area (Å²) in [5.74, 6) is -1.19. The predicted molar refractivity (Wildman–Crippen MR) is 84.4 cm³/mol. The van der Waals surface area contributed by atoms with Gasteiger partial charge >= 0.3 is 0 Å². The van der Waals surface area contributed by atoms with Gasteiger partial charge in [0.1, 0.15) is 0 Å². The number of anilines is 1. The maximum atomic E-state index is 13.1. The number of nitrogens with zero attached hydrogens (tertiary/aromatic N) is 2. The molecule has 124 valence electrons. The number of hydrogen-bond donors (Lipinski definition) is 0. The first-order valence-corrected chi connectivity index (χ1v) is 8.37. The van der Waals surface area contributed by atoms with Crippen molar-refractivity contribution in [2.75, 3.05) is 50.4 Å². The van der Waals surface area contributed by atoms with Crippen molar-refractivity contribution >= 4 is 23.2 Å². The van der Waals surface area contributed by atoms with Crippen LogP contribution in [0.1, 0.15) is 5.56 Å². The number of rotatable bonds is 3. The fourth-order valence-corrected chi connectivity index (χ4v) is 3.47. The summed E-state index contributed by atoms with van der Waals surface area (Å²) in [5.41, 5.74) is 1.62. The zero-order chi connectivity index (χ0) is 15.9. The molecule has 1 spiro atoms. The van der Waals surface area contributed by atoms with Crippen LogP contribution in [0.2, 0.25) is 0 Å². The molecule has 2 saturated heterocycles. The van der Waals surface area contributed by atoms with Gasteiger partial charge in [-0.15, -0.1) is 11.6 Å². The van der Waals surface area contributed by atoms with E-state index in [-0.39, 0.29) is 12.0 Å². The SMILES string of the molecule is O=C1N(CN2CCOCC2)c2ccccc2[C@]12OC[C@@H](CCl)O2. The zero-order valence-electron chi connectivity index (χ0n) is 12.7. The Labute approximate surface area is 139 Å². The second kappa shape index (κ2) is 6.03. The first-order chi connectivity index (χ1) is 11.2. The van der Waals surface area contributed by atoms with Gasteiger partial charge < -0.3 is 14.2 Å². The molecule has 0 N–H and O–H groups in total. The highest BCUT2D eigenvalue weighted by molar-refractivity contribution is 6.18. The quantitative estimate of drug-likeness (QED) is 0.773. The smallest absolute Gasteiger partial charge is 0.293 e. The topological polar surface area (TPSA) is 51.2 Å². The van der Waals surface area contributed by atoms with E-state index in [1.54, 1.807) is 4.90 Å². The van der Waals surface area contributed by atoms with Crippen molar-refractivity contribution in [3.8, 4) is 0 Å². The highest BCUT2D eigenvalue weighted by Gasteiger charge is 2.58. The molecule has 2 fully saturated rings. The van der Waals surface area contributed by atoms with Gasteiger partial charge in [0.25, 0.3) is 11.7 Å². The summed E-state index contributed by atoms with van der Waals surface area (Å²) >= 11 is 5.88. The normalized spacial score (nSPS) is 31.1. The molecule has 4 rings (SSSR count). The van der Waals surface area contributed by atoms with Gasteiger partial charge in [-0.2, -0.15) is 0 Å². The van der Waals surface area contributed by atoms with Crippen molar-refractivity contribution in [3.05, 3.63) is 29.8 Å². The molecule has 3 heterocycles. The maximum Gasteiger partial charge on any atom is 0.293 e. The number of para-hydroxylation sites is 1. The van der Waals surface area contributed by atoms with Crippen molar-refractivity contribution in [2.24, 2.45) is 0 Å². The number of morpholine rings is 1. The van der Waals surface area contributed by atoms with Crippen LogP contribution in [-0.4, -0.2) is 62.4 Å². The second-order valence-electron chi connectivity index (χ2n) is 5.94. The highest BCUT2D eigenvalue weighted by atomic mass is 35.5. The lowest BCUT2D eigenvalue weighted by Gasteiger charge is -2.31. The summed E-state index contributed by atoms with van der Waals surface area (Å²) in [4.78, 5) is 17.0. The Hall–Kier alpha value is -1.18. The molecule has 2 atom stereocenters. The largest absolute Gasteiger partial charge is 0.379 e. The standard InChI is InChI=1S/C16H19ClN2O4/c17-9-12-10-22-16(23-12)13-3-1-2-4-14(13)19(15(16)20)11-18-5-7-21-8-6-18/h1-4,12H,5-11H2/t12-,16-/m1/s1. The molecule has 0 radical (unpaired) electrons. The summed E-state index contributed by atoms with van der Waals surface area (Å²) in [6, 6.07) is 7.64. The third kappa shape index (κ3) is 2.45. The third-order valence-electron chi connectivity index (χ3n) is 4.50. The van der Waals surface area contributed by atoms with E-state index in [2.05, 4.69) is 4.90 Å². The Morgan fingerprint density at radius 2 is 2.04 bits per heavy atom. The van der Waals surface area contributed by atoms with Crippen LogP contribution in [-0.2, 0) is 24.8 Å². The number of ether oxygens (including phenoxy) is 3. The molecule has 3 aliphatic heterocycles. The van der Waals surface area contributed by atoms with Crippen LogP contribution >= 0.6 is 11.6 Å². The fourth-order valence-electron chi connectivity index (χ4n) is 3.32. The molecule has 0 saturated carbocycles. The summed E-state index contributed by atoms with van der Waals surface area (Å²) < 4.78 is 17.1. The van der Waals surface area contributed by atoms with E-state index >= 15 is 0 Å². The van der Waals surface area contributed by atoms with Gasteiger partial charge in [-0.3, -0.25) is 14.6 Å². The lowest BCUT2D eigenvalue weighted by molar-refractivity contribution is -0.185. The molecule has 0 aliphatic carbocycles. The monoisotopic (exact) mass is 338 g/mol. The van der Waals surface area contributed by atoms with E-state index in [1.807, 2.05) is 24.3 Å². The Bertz CT molecular complexity index is 607. The molecule has 1 aromatic carbocycles. The highest BCUT2D eigenvalue weighted by Crippen LogP contribution is 2.47. The molecule has 3 aliphatic rings. The predicted octanol–water partition coefficient (Wildman–Crippen LogP) is 1.13. The Morgan fingerprint density at radius 1 is 1.26 bits per heavy atom. The number of amides is 1. The van der Waals surface area contributed by atoms with Crippen molar-refractivity contribution < 1.29 is 19.0 Å². The minimum Gasteiger partial charge on any atom is -0.379 e. The number of alkyl halides is 1. The number of fused-ring (bicyclic) bond motifs is 2. The van der Waals surface area contributed by atoms with Crippen LogP contribution in [0.5, 0.6) is 0 Å². The van der Waals surface area contributed by atoms with Crippen LogP contribution in [0, 0.1) is 0 Å². The van der Waals surface area contributed by atoms with E-state index in [0.29, 0.717) is 32.4 Å². The lowest BCUT2D eigenvalue weighted by Crippen LogP contribution is -2.49. The molecular formula is C16H19ClN2O4. The fraction of sp³-hybridized carbons (Fsp3) is 0.562. The van der Waals surface area contributed by atoms with Gasteiger partial charge in [0, 0.05) is 18.7 Å². The van der Waals surface area contributed by atoms with Gasteiger partial charge in [0.05, 0.1) is 44.2 Å². The van der Waals surface area contributed by atoms with E-state index in [9.17, 15) is 4.79 Å². The van der Waals surface area contributed by atoms with Crippen LogP contribution in [0.3, 0.4) is 0 Å². The van der Waals surface area contributed by atoms with Gasteiger partial charge in [-0.25, -0.2) is 0 Å². The summed E-state index contributed by atoms with van der Waals surface area (Å²) in [6.45, 7) is 3.84. The van der Waals surface area contributed by atoms with Crippen molar-refractivity contribution in [3.63, 3.8) is 0 Å². The molecule has 1 amide bonds. The van der Waals surface area contributed by atoms with E-state index in [0.717, 1.165) is 24.3 Å². The minimum absolute atomic E-state index is 0.169. The Morgan fingerprint density at radius 3 is 2.78 bits per heavy atom.